The van der Waals surface area contributed by atoms with Crippen molar-refractivity contribution in [2.45, 2.75) is 23.2 Å². The first kappa shape index (κ1) is 20.6. The molecular formula is C24H22O4S. The monoisotopic (exact) mass is 406 g/mol. The number of carbonyl (C=O) groups is 1. The van der Waals surface area contributed by atoms with Crippen molar-refractivity contribution in [3.63, 3.8) is 0 Å². The highest BCUT2D eigenvalue weighted by atomic mass is 32.2. The second-order valence-electron chi connectivity index (χ2n) is 6.53. The van der Waals surface area contributed by atoms with Crippen LogP contribution in [0.5, 0.6) is 0 Å². The molecule has 0 heterocycles. The molecule has 5 heteroatoms. The fourth-order valence-electron chi connectivity index (χ4n) is 3.11. The Bertz CT molecular complexity index is 1060. The van der Waals surface area contributed by atoms with Gasteiger partial charge in [0.25, 0.3) is 0 Å². The lowest BCUT2D eigenvalue weighted by molar-refractivity contribution is -0.144. The highest BCUT2D eigenvalue weighted by Crippen LogP contribution is 2.34. The van der Waals surface area contributed by atoms with Gasteiger partial charge >= 0.3 is 5.97 Å². The molecule has 0 amide bonds. The second kappa shape index (κ2) is 9.34. The van der Waals surface area contributed by atoms with Crippen LogP contribution in [0.3, 0.4) is 0 Å². The SMILES string of the molecule is CC(=O)OC(/C=C/c1ccccc1)C(c1ccccc1)S(=O)(=O)c1ccccc1. The van der Waals surface area contributed by atoms with Gasteiger partial charge in [0.1, 0.15) is 11.4 Å². The minimum atomic E-state index is -3.83. The number of sulfone groups is 1. The van der Waals surface area contributed by atoms with Crippen molar-refractivity contribution in [3.05, 3.63) is 108 Å². The fraction of sp³-hybridized carbons (Fsp3) is 0.125. The smallest absolute Gasteiger partial charge is 0.303 e. The maximum Gasteiger partial charge on any atom is 0.303 e. The first-order valence-corrected chi connectivity index (χ1v) is 10.8. The van der Waals surface area contributed by atoms with Crippen LogP contribution in [0.2, 0.25) is 0 Å². The van der Waals surface area contributed by atoms with E-state index >= 15 is 0 Å². The summed E-state index contributed by atoms with van der Waals surface area (Å²) in [4.78, 5) is 12.0. The van der Waals surface area contributed by atoms with Gasteiger partial charge < -0.3 is 4.74 Å². The van der Waals surface area contributed by atoms with E-state index in [9.17, 15) is 13.2 Å². The van der Waals surface area contributed by atoms with E-state index in [0.717, 1.165) is 5.56 Å². The Morgan fingerprint density at radius 1 is 0.828 bits per heavy atom. The summed E-state index contributed by atoms with van der Waals surface area (Å²) in [5.74, 6) is -0.545. The van der Waals surface area contributed by atoms with E-state index in [1.54, 1.807) is 66.7 Å². The normalized spacial score (nSPS) is 13.7. The molecule has 0 fully saturated rings. The second-order valence-corrected chi connectivity index (χ2v) is 8.60. The van der Waals surface area contributed by atoms with Crippen LogP contribution in [0.1, 0.15) is 23.3 Å². The van der Waals surface area contributed by atoms with Crippen molar-refractivity contribution in [2.24, 2.45) is 0 Å². The van der Waals surface area contributed by atoms with Crippen LogP contribution in [0.25, 0.3) is 6.08 Å². The molecule has 3 aromatic rings. The maximum absolute atomic E-state index is 13.5. The predicted molar refractivity (Wildman–Crippen MR) is 114 cm³/mol. The molecule has 148 valence electrons. The first-order chi connectivity index (χ1) is 14.0. The lowest BCUT2D eigenvalue weighted by atomic mass is 10.1. The highest BCUT2D eigenvalue weighted by Gasteiger charge is 2.37. The number of benzene rings is 3. The molecule has 0 aliphatic heterocycles. The highest BCUT2D eigenvalue weighted by molar-refractivity contribution is 7.91. The number of hydrogen-bond donors (Lipinski definition) is 0. The van der Waals surface area contributed by atoms with Gasteiger partial charge in [0, 0.05) is 6.92 Å². The zero-order chi connectivity index (χ0) is 20.7. The fourth-order valence-corrected chi connectivity index (χ4v) is 4.95. The Balaban J connectivity index is 2.11. The molecule has 0 bridgehead atoms. The average molecular weight is 407 g/mol. The van der Waals surface area contributed by atoms with Crippen molar-refractivity contribution >= 4 is 21.9 Å². The first-order valence-electron chi connectivity index (χ1n) is 9.23. The summed E-state index contributed by atoms with van der Waals surface area (Å²) in [6, 6.07) is 26.5. The number of rotatable bonds is 7. The Labute approximate surface area is 171 Å². The molecule has 0 saturated carbocycles. The zero-order valence-electron chi connectivity index (χ0n) is 16.0. The number of ether oxygens (including phenoxy) is 1. The lowest BCUT2D eigenvalue weighted by Gasteiger charge is -2.25. The molecule has 4 nitrogen and oxygen atoms in total. The van der Waals surface area contributed by atoms with Crippen LogP contribution >= 0.6 is 0 Å². The zero-order valence-corrected chi connectivity index (χ0v) is 16.8. The van der Waals surface area contributed by atoms with Crippen molar-refractivity contribution in [3.8, 4) is 0 Å². The van der Waals surface area contributed by atoms with Gasteiger partial charge in [0.2, 0.25) is 0 Å². The number of carbonyl (C=O) groups excluding carboxylic acids is 1. The number of hydrogen-bond acceptors (Lipinski definition) is 4. The van der Waals surface area contributed by atoms with Gasteiger partial charge in [-0.05, 0) is 29.3 Å². The molecule has 3 aromatic carbocycles. The predicted octanol–water partition coefficient (Wildman–Crippen LogP) is 4.85. The largest absolute Gasteiger partial charge is 0.457 e. The Hall–Kier alpha value is -3.18. The number of esters is 1. The lowest BCUT2D eigenvalue weighted by Crippen LogP contribution is -2.29. The van der Waals surface area contributed by atoms with Crippen LogP contribution in [-0.4, -0.2) is 20.5 Å². The molecule has 29 heavy (non-hydrogen) atoms. The van der Waals surface area contributed by atoms with Crippen LogP contribution in [0.4, 0.5) is 0 Å². The standard InChI is InChI=1S/C24H22O4S/c1-19(25)28-23(18-17-20-11-5-2-6-12-20)24(21-13-7-3-8-14-21)29(26,27)22-15-9-4-10-16-22/h2-18,23-24H,1H3/b18-17+. The molecule has 0 N–H and O–H groups in total. The van der Waals surface area contributed by atoms with Gasteiger partial charge in [-0.15, -0.1) is 0 Å². The van der Waals surface area contributed by atoms with Crippen molar-refractivity contribution in [1.82, 2.24) is 0 Å². The van der Waals surface area contributed by atoms with Crippen LogP contribution in [0, 0.1) is 0 Å². The van der Waals surface area contributed by atoms with Crippen LogP contribution in [0.15, 0.2) is 102 Å². The minimum Gasteiger partial charge on any atom is -0.457 e. The quantitative estimate of drug-likeness (QED) is 0.527. The van der Waals surface area contributed by atoms with Crippen LogP contribution in [-0.2, 0) is 19.4 Å². The summed E-state index contributed by atoms with van der Waals surface area (Å²) in [6.45, 7) is 1.28. The molecule has 0 aliphatic carbocycles. The third-order valence-electron chi connectivity index (χ3n) is 4.41. The minimum absolute atomic E-state index is 0.180. The Morgan fingerprint density at radius 2 is 1.34 bits per heavy atom. The van der Waals surface area contributed by atoms with Crippen LogP contribution < -0.4 is 0 Å². The van der Waals surface area contributed by atoms with Gasteiger partial charge in [-0.2, -0.15) is 0 Å². The molecule has 3 rings (SSSR count). The summed E-state index contributed by atoms with van der Waals surface area (Å²) >= 11 is 0. The molecule has 0 spiro atoms. The van der Waals surface area contributed by atoms with Crippen molar-refractivity contribution < 1.29 is 17.9 Å². The van der Waals surface area contributed by atoms with Crippen molar-refractivity contribution in [1.29, 1.82) is 0 Å². The topological polar surface area (TPSA) is 60.4 Å². The Morgan fingerprint density at radius 3 is 1.90 bits per heavy atom. The van der Waals surface area contributed by atoms with Gasteiger partial charge in [-0.1, -0.05) is 84.9 Å². The van der Waals surface area contributed by atoms with Gasteiger partial charge in [-0.25, -0.2) is 8.42 Å². The van der Waals surface area contributed by atoms with Crippen molar-refractivity contribution in [2.75, 3.05) is 0 Å². The van der Waals surface area contributed by atoms with E-state index in [0.29, 0.717) is 5.56 Å². The molecular weight excluding hydrogens is 384 g/mol. The van der Waals surface area contributed by atoms with E-state index in [1.807, 2.05) is 36.4 Å². The van der Waals surface area contributed by atoms with Gasteiger partial charge in [0.15, 0.2) is 9.84 Å². The van der Waals surface area contributed by atoms with E-state index in [1.165, 1.54) is 6.92 Å². The summed E-state index contributed by atoms with van der Waals surface area (Å²) in [7, 11) is -3.83. The summed E-state index contributed by atoms with van der Waals surface area (Å²) < 4.78 is 32.6. The molecule has 0 aliphatic rings. The summed E-state index contributed by atoms with van der Waals surface area (Å²) in [5, 5.41) is -1.07. The molecule has 2 atom stereocenters. The van der Waals surface area contributed by atoms with E-state index in [-0.39, 0.29) is 4.90 Å². The summed E-state index contributed by atoms with van der Waals surface area (Å²) in [6.07, 6.45) is 2.42. The molecule has 0 aromatic heterocycles. The molecule has 0 saturated heterocycles. The third kappa shape index (κ3) is 5.21. The molecule has 2 unspecified atom stereocenters. The summed E-state index contributed by atoms with van der Waals surface area (Å²) in [5.41, 5.74) is 1.44. The Kier molecular flexibility index (Phi) is 6.62. The van der Waals surface area contributed by atoms with Gasteiger partial charge in [0.05, 0.1) is 4.90 Å². The average Bonchev–Trinajstić information content (AvgIpc) is 2.74. The van der Waals surface area contributed by atoms with E-state index in [2.05, 4.69) is 0 Å². The third-order valence-corrected chi connectivity index (χ3v) is 6.55. The van der Waals surface area contributed by atoms with Gasteiger partial charge in [-0.3, -0.25) is 4.79 Å². The molecule has 0 radical (unpaired) electrons. The maximum atomic E-state index is 13.5. The van der Waals surface area contributed by atoms with E-state index in [4.69, 9.17) is 4.74 Å². The van der Waals surface area contributed by atoms with E-state index < -0.39 is 27.2 Å².